The predicted octanol–water partition coefficient (Wildman–Crippen LogP) is 4.52. The molecule has 26 heavy (non-hydrogen) atoms. The van der Waals surface area contributed by atoms with Crippen LogP contribution >= 0.6 is 11.6 Å². The molecule has 1 N–H and O–H groups in total. The number of carbonyl (C=O) groups excluding carboxylic acids is 1. The average molecular weight is 377 g/mol. The molecule has 0 aliphatic heterocycles. The third kappa shape index (κ3) is 5.93. The quantitative estimate of drug-likeness (QED) is 0.735. The van der Waals surface area contributed by atoms with Crippen molar-refractivity contribution in [2.75, 3.05) is 27.2 Å². The smallest absolute Gasteiger partial charge is 0.414 e. The molecule has 2 rings (SSSR count). The van der Waals surface area contributed by atoms with Crippen molar-refractivity contribution in [3.8, 4) is 11.5 Å². The van der Waals surface area contributed by atoms with E-state index in [4.69, 9.17) is 21.1 Å². The number of carbonyl (C=O) groups is 1. The van der Waals surface area contributed by atoms with Gasteiger partial charge in [-0.3, -0.25) is 0 Å². The van der Waals surface area contributed by atoms with E-state index in [9.17, 15) is 4.79 Å². The molecule has 5 nitrogen and oxygen atoms in total. The molecule has 2 aromatic carbocycles. The van der Waals surface area contributed by atoms with Crippen molar-refractivity contribution in [3.63, 3.8) is 0 Å². The van der Waals surface area contributed by atoms with Crippen molar-refractivity contribution in [3.05, 3.63) is 59.1 Å². The topological polar surface area (TPSA) is 50.8 Å². The van der Waals surface area contributed by atoms with Crippen LogP contribution in [-0.2, 0) is 0 Å². The summed E-state index contributed by atoms with van der Waals surface area (Å²) in [4.78, 5) is 13.3. The van der Waals surface area contributed by atoms with Crippen LogP contribution in [0.1, 0.15) is 24.9 Å². The number of hydrogen-bond donors (Lipinski definition) is 1. The van der Waals surface area contributed by atoms with Crippen LogP contribution in [0.15, 0.2) is 48.5 Å². The summed E-state index contributed by atoms with van der Waals surface area (Å²) in [5, 5.41) is 3.98. The average Bonchev–Trinajstić information content (AvgIpc) is 2.67. The molecule has 1 atom stereocenters. The first-order chi connectivity index (χ1) is 12.5. The first-order valence-electron chi connectivity index (χ1n) is 8.62. The Balaban J connectivity index is 1.88. The van der Waals surface area contributed by atoms with Crippen LogP contribution in [-0.4, -0.2) is 38.2 Å². The Hall–Kier alpha value is -2.24. The highest BCUT2D eigenvalue weighted by molar-refractivity contribution is 6.30. The fraction of sp³-hybridized carbons (Fsp3) is 0.350. The number of hydrogen-bond acceptors (Lipinski definition) is 4. The molecule has 0 radical (unpaired) electrons. The second kappa shape index (κ2) is 10.0. The molecule has 2 aromatic rings. The van der Waals surface area contributed by atoms with Crippen LogP contribution in [0.3, 0.4) is 0 Å². The van der Waals surface area contributed by atoms with Crippen LogP contribution in [0.25, 0.3) is 0 Å². The highest BCUT2D eigenvalue weighted by Crippen LogP contribution is 2.22. The Bertz CT molecular complexity index is 689. The molecule has 1 unspecified atom stereocenters. The Morgan fingerprint density at radius 2 is 1.73 bits per heavy atom. The van der Waals surface area contributed by atoms with Gasteiger partial charge in [0.25, 0.3) is 0 Å². The van der Waals surface area contributed by atoms with E-state index in [1.165, 1.54) is 4.90 Å². The fourth-order valence-electron chi connectivity index (χ4n) is 2.38. The monoisotopic (exact) mass is 376 g/mol. The molecular formula is C20H25ClN2O3. The highest BCUT2D eigenvalue weighted by Gasteiger charge is 2.12. The summed E-state index contributed by atoms with van der Waals surface area (Å²) in [7, 11) is 3.62. The molecule has 1 amide bonds. The maximum Gasteiger partial charge on any atom is 0.414 e. The van der Waals surface area contributed by atoms with Crippen LogP contribution < -0.4 is 14.8 Å². The van der Waals surface area contributed by atoms with Gasteiger partial charge in [-0.2, -0.15) is 0 Å². The lowest BCUT2D eigenvalue weighted by molar-refractivity contribution is 0.165. The molecule has 0 bridgehead atoms. The highest BCUT2D eigenvalue weighted by atomic mass is 35.5. The normalized spacial score (nSPS) is 11.7. The van der Waals surface area contributed by atoms with Gasteiger partial charge >= 0.3 is 6.09 Å². The van der Waals surface area contributed by atoms with Gasteiger partial charge in [0, 0.05) is 31.1 Å². The standard InChI is InChI=1S/C20H25ClN2O3/c1-4-23(3)20(24)26-18-9-5-15(6-10-18)19(22-2)13-14-25-17-11-7-16(21)8-12-17/h5-12,19,22H,4,13-14H2,1-3H3. The van der Waals surface area contributed by atoms with Crippen molar-refractivity contribution in [2.45, 2.75) is 19.4 Å². The Kier molecular flexibility index (Phi) is 7.75. The minimum Gasteiger partial charge on any atom is -0.494 e. The van der Waals surface area contributed by atoms with E-state index < -0.39 is 0 Å². The van der Waals surface area contributed by atoms with E-state index in [2.05, 4.69) is 5.32 Å². The number of nitrogens with one attached hydrogen (secondary N) is 1. The van der Waals surface area contributed by atoms with Crippen LogP contribution in [0.2, 0.25) is 5.02 Å². The zero-order chi connectivity index (χ0) is 18.9. The van der Waals surface area contributed by atoms with Crippen LogP contribution in [0.4, 0.5) is 4.79 Å². The van der Waals surface area contributed by atoms with Gasteiger partial charge in [-0.1, -0.05) is 23.7 Å². The molecule has 0 aliphatic carbocycles. The van der Waals surface area contributed by atoms with Crippen molar-refractivity contribution in [1.82, 2.24) is 10.2 Å². The van der Waals surface area contributed by atoms with Crippen molar-refractivity contribution in [1.29, 1.82) is 0 Å². The summed E-state index contributed by atoms with van der Waals surface area (Å²) in [6.07, 6.45) is 0.443. The van der Waals surface area contributed by atoms with Gasteiger partial charge in [-0.05, 0) is 55.9 Å². The predicted molar refractivity (Wildman–Crippen MR) is 104 cm³/mol. The summed E-state index contributed by atoms with van der Waals surface area (Å²) in [6, 6.07) is 15.0. The molecule has 0 aromatic heterocycles. The number of nitrogens with zero attached hydrogens (tertiary/aromatic N) is 1. The molecular weight excluding hydrogens is 352 g/mol. The summed E-state index contributed by atoms with van der Waals surface area (Å²) < 4.78 is 11.1. The van der Waals surface area contributed by atoms with E-state index in [-0.39, 0.29) is 12.1 Å². The number of ether oxygens (including phenoxy) is 2. The minimum absolute atomic E-state index is 0.144. The minimum atomic E-state index is -0.359. The van der Waals surface area contributed by atoms with Gasteiger partial charge in [0.2, 0.25) is 0 Å². The van der Waals surface area contributed by atoms with Crippen LogP contribution in [0, 0.1) is 0 Å². The molecule has 0 fully saturated rings. The van der Waals surface area contributed by atoms with E-state index in [1.54, 1.807) is 19.2 Å². The van der Waals surface area contributed by atoms with Crippen LogP contribution in [0.5, 0.6) is 11.5 Å². The summed E-state index contributed by atoms with van der Waals surface area (Å²) >= 11 is 5.87. The maximum atomic E-state index is 11.8. The molecule has 0 saturated carbocycles. The molecule has 0 aliphatic rings. The number of benzene rings is 2. The summed E-state index contributed by atoms with van der Waals surface area (Å²) in [5.74, 6) is 1.33. The van der Waals surface area contributed by atoms with Gasteiger partial charge < -0.3 is 19.7 Å². The molecule has 6 heteroatoms. The molecule has 140 valence electrons. The fourth-order valence-corrected chi connectivity index (χ4v) is 2.51. The van der Waals surface area contributed by atoms with Gasteiger partial charge in [0.05, 0.1) is 6.61 Å². The number of halogens is 1. The van der Waals surface area contributed by atoms with E-state index in [0.717, 1.165) is 17.7 Å². The number of rotatable bonds is 8. The molecule has 0 saturated heterocycles. The van der Waals surface area contributed by atoms with Gasteiger partial charge in [0.1, 0.15) is 11.5 Å². The lowest BCUT2D eigenvalue weighted by atomic mass is 10.0. The lowest BCUT2D eigenvalue weighted by Gasteiger charge is -2.18. The largest absolute Gasteiger partial charge is 0.494 e. The lowest BCUT2D eigenvalue weighted by Crippen LogP contribution is -2.29. The Morgan fingerprint density at radius 3 is 2.31 bits per heavy atom. The molecule has 0 heterocycles. The molecule has 0 spiro atoms. The Labute approximate surface area is 159 Å². The first kappa shape index (κ1) is 20.1. The Morgan fingerprint density at radius 1 is 1.12 bits per heavy atom. The summed E-state index contributed by atoms with van der Waals surface area (Å²) in [5.41, 5.74) is 1.11. The maximum absolute atomic E-state index is 11.8. The SMILES string of the molecule is CCN(C)C(=O)Oc1ccc(C(CCOc2ccc(Cl)cc2)NC)cc1. The second-order valence-corrected chi connectivity index (χ2v) is 6.32. The van der Waals surface area contributed by atoms with Gasteiger partial charge in [0.15, 0.2) is 0 Å². The van der Waals surface area contributed by atoms with E-state index in [1.807, 2.05) is 50.4 Å². The third-order valence-electron chi connectivity index (χ3n) is 4.11. The van der Waals surface area contributed by atoms with Gasteiger partial charge in [-0.15, -0.1) is 0 Å². The van der Waals surface area contributed by atoms with E-state index >= 15 is 0 Å². The number of amides is 1. The van der Waals surface area contributed by atoms with E-state index in [0.29, 0.717) is 23.9 Å². The zero-order valence-corrected chi connectivity index (χ0v) is 16.1. The van der Waals surface area contributed by atoms with Crippen molar-refractivity contribution < 1.29 is 14.3 Å². The third-order valence-corrected chi connectivity index (χ3v) is 4.36. The zero-order valence-electron chi connectivity index (χ0n) is 15.4. The second-order valence-electron chi connectivity index (χ2n) is 5.88. The first-order valence-corrected chi connectivity index (χ1v) is 8.99. The van der Waals surface area contributed by atoms with Crippen molar-refractivity contribution in [2.24, 2.45) is 0 Å². The summed E-state index contributed by atoms with van der Waals surface area (Å²) in [6.45, 7) is 3.07. The van der Waals surface area contributed by atoms with Crippen molar-refractivity contribution >= 4 is 17.7 Å². The van der Waals surface area contributed by atoms with Gasteiger partial charge in [-0.25, -0.2) is 4.79 Å².